The Balaban J connectivity index is 1.78. The minimum absolute atomic E-state index is 0.0862. The molecule has 3 rings (SSSR count). The van der Waals surface area contributed by atoms with Gasteiger partial charge in [0.05, 0.1) is 18.0 Å². The summed E-state index contributed by atoms with van der Waals surface area (Å²) < 4.78 is 9.93. The molecule has 0 aromatic carbocycles. The number of nitrogens with zero attached hydrogens (tertiary/aromatic N) is 5. The topological polar surface area (TPSA) is 93.1 Å². The van der Waals surface area contributed by atoms with Gasteiger partial charge in [-0.2, -0.15) is 9.36 Å². The summed E-state index contributed by atoms with van der Waals surface area (Å²) in [7, 11) is 1.70. The first-order valence-corrected chi connectivity index (χ1v) is 9.14. The summed E-state index contributed by atoms with van der Waals surface area (Å²) in [4.78, 5) is 26.3. The molecule has 0 aliphatic heterocycles. The van der Waals surface area contributed by atoms with E-state index in [9.17, 15) is 4.79 Å². The van der Waals surface area contributed by atoms with Crippen LogP contribution in [0.15, 0.2) is 36.7 Å². The van der Waals surface area contributed by atoms with Gasteiger partial charge in [-0.05, 0) is 38.1 Å². The average molecular weight is 384 g/mol. The third-order valence-electron chi connectivity index (χ3n) is 3.61. The summed E-state index contributed by atoms with van der Waals surface area (Å²) in [5.41, 5.74) is 1.31. The van der Waals surface area contributed by atoms with Crippen molar-refractivity contribution in [3.8, 4) is 17.3 Å². The summed E-state index contributed by atoms with van der Waals surface area (Å²) in [5, 5.41) is 3.68. The van der Waals surface area contributed by atoms with Gasteiger partial charge in [-0.3, -0.25) is 4.79 Å². The number of amides is 1. The average Bonchev–Trinajstić information content (AvgIpc) is 3.10. The number of aromatic nitrogens is 4. The molecular formula is C18H20N6O2S. The number of carbonyl (C=O) groups excluding carboxylic acids is 1. The van der Waals surface area contributed by atoms with Crippen LogP contribution in [-0.4, -0.2) is 38.4 Å². The van der Waals surface area contributed by atoms with Crippen molar-refractivity contribution in [1.29, 1.82) is 0 Å². The first-order chi connectivity index (χ1) is 12.9. The minimum atomic E-state index is -0.0862. The number of nitrogens with one attached hydrogen (secondary N) is 1. The van der Waals surface area contributed by atoms with E-state index < -0.39 is 0 Å². The molecule has 3 aromatic heterocycles. The maximum atomic E-state index is 11.7. The van der Waals surface area contributed by atoms with Crippen molar-refractivity contribution in [3.05, 3.63) is 36.7 Å². The smallest absolute Gasteiger partial charge is 0.223 e. The predicted molar refractivity (Wildman–Crippen MR) is 106 cm³/mol. The number of hydrogen-bond acceptors (Lipinski definition) is 8. The molecule has 0 aliphatic carbocycles. The highest BCUT2D eigenvalue weighted by Gasteiger charge is 2.14. The van der Waals surface area contributed by atoms with Gasteiger partial charge in [-0.1, -0.05) is 0 Å². The van der Waals surface area contributed by atoms with Gasteiger partial charge in [0.1, 0.15) is 11.4 Å². The zero-order valence-electron chi connectivity index (χ0n) is 15.5. The highest BCUT2D eigenvalue weighted by atomic mass is 32.1. The number of anilines is 3. The summed E-state index contributed by atoms with van der Waals surface area (Å²) in [6.45, 7) is 5.42. The van der Waals surface area contributed by atoms with Crippen molar-refractivity contribution in [1.82, 2.24) is 19.3 Å². The first kappa shape index (κ1) is 18.7. The molecule has 1 amide bonds. The quantitative estimate of drug-likeness (QED) is 0.695. The molecule has 9 heteroatoms. The van der Waals surface area contributed by atoms with Crippen molar-refractivity contribution >= 4 is 34.1 Å². The molecule has 8 nitrogen and oxygen atoms in total. The van der Waals surface area contributed by atoms with E-state index in [2.05, 4.69) is 24.6 Å². The maximum absolute atomic E-state index is 11.7. The summed E-state index contributed by atoms with van der Waals surface area (Å²) in [5.74, 6) is 1.66. The third kappa shape index (κ3) is 4.56. The Morgan fingerprint density at radius 3 is 2.74 bits per heavy atom. The van der Waals surface area contributed by atoms with Gasteiger partial charge in [0, 0.05) is 31.7 Å². The fraction of sp³-hybridized carbons (Fsp3) is 0.278. The van der Waals surface area contributed by atoms with Gasteiger partial charge < -0.3 is 15.0 Å². The lowest BCUT2D eigenvalue weighted by molar-refractivity contribution is -0.116. The van der Waals surface area contributed by atoms with E-state index in [1.807, 2.05) is 32.0 Å². The monoisotopic (exact) mass is 384 g/mol. The summed E-state index contributed by atoms with van der Waals surface area (Å²) in [6, 6.07) is 7.25. The van der Waals surface area contributed by atoms with E-state index in [0.717, 1.165) is 0 Å². The van der Waals surface area contributed by atoms with Gasteiger partial charge in [0.15, 0.2) is 11.6 Å². The number of hydrogen-bond donors (Lipinski definition) is 1. The molecule has 0 fully saturated rings. The van der Waals surface area contributed by atoms with E-state index in [0.29, 0.717) is 33.9 Å². The molecule has 140 valence electrons. The lowest BCUT2D eigenvalue weighted by Crippen LogP contribution is -2.23. The predicted octanol–water partition coefficient (Wildman–Crippen LogP) is 3.51. The van der Waals surface area contributed by atoms with Crippen LogP contribution in [0, 0.1) is 0 Å². The summed E-state index contributed by atoms with van der Waals surface area (Å²) in [6.07, 6.45) is 3.39. The Bertz CT molecular complexity index is 926. The molecule has 3 aromatic rings. The zero-order valence-corrected chi connectivity index (χ0v) is 16.3. The fourth-order valence-corrected chi connectivity index (χ4v) is 2.84. The second-order valence-electron chi connectivity index (χ2n) is 6.04. The van der Waals surface area contributed by atoms with E-state index in [4.69, 9.17) is 4.74 Å². The molecule has 0 spiro atoms. The van der Waals surface area contributed by atoms with E-state index in [1.54, 1.807) is 25.5 Å². The van der Waals surface area contributed by atoms with Crippen molar-refractivity contribution < 1.29 is 9.53 Å². The molecule has 0 bridgehead atoms. The molecule has 3 heterocycles. The van der Waals surface area contributed by atoms with Gasteiger partial charge in [-0.25, -0.2) is 9.97 Å². The van der Waals surface area contributed by atoms with Crippen LogP contribution in [-0.2, 0) is 4.79 Å². The second-order valence-corrected chi connectivity index (χ2v) is 6.79. The largest absolute Gasteiger partial charge is 0.489 e. The molecule has 0 saturated heterocycles. The van der Waals surface area contributed by atoms with E-state index in [-0.39, 0.29) is 12.0 Å². The normalized spacial score (nSPS) is 10.7. The van der Waals surface area contributed by atoms with Crippen LogP contribution in [0.1, 0.15) is 20.8 Å². The molecule has 0 saturated carbocycles. The maximum Gasteiger partial charge on any atom is 0.223 e. The van der Waals surface area contributed by atoms with Crippen LogP contribution < -0.4 is 15.0 Å². The van der Waals surface area contributed by atoms with Gasteiger partial charge in [-0.15, -0.1) is 0 Å². The lowest BCUT2D eigenvalue weighted by atomic mass is 10.3. The lowest BCUT2D eigenvalue weighted by Gasteiger charge is -2.17. The molecule has 0 radical (unpaired) electrons. The van der Waals surface area contributed by atoms with Crippen molar-refractivity contribution in [3.63, 3.8) is 0 Å². The van der Waals surface area contributed by atoms with Crippen LogP contribution in [0.5, 0.6) is 5.75 Å². The van der Waals surface area contributed by atoms with Crippen molar-refractivity contribution in [2.75, 3.05) is 17.3 Å². The highest BCUT2D eigenvalue weighted by Crippen LogP contribution is 2.28. The van der Waals surface area contributed by atoms with Crippen LogP contribution in [0.4, 0.5) is 16.6 Å². The molecule has 0 unspecified atom stereocenters. The SMILES string of the molecule is CC(=O)N(C)c1cccnc1Nc1nc(-c2ccc(OC(C)C)cn2)ns1. The van der Waals surface area contributed by atoms with Crippen LogP contribution in [0.25, 0.3) is 11.5 Å². The Labute approximate surface area is 161 Å². The molecule has 0 aliphatic rings. The second kappa shape index (κ2) is 8.09. The number of rotatable bonds is 6. The molecule has 27 heavy (non-hydrogen) atoms. The number of carbonyl (C=O) groups is 1. The standard InChI is InChI=1S/C18H20N6O2S/c1-11(2)26-13-7-8-14(20-10-13)16-21-18(27-23-16)22-17-15(6-5-9-19-17)24(4)12(3)25/h5-11H,1-4H3,(H,19,21,22,23). The zero-order chi connectivity index (χ0) is 19.4. The van der Waals surface area contributed by atoms with Gasteiger partial charge >= 0.3 is 0 Å². The number of pyridine rings is 2. The van der Waals surface area contributed by atoms with Gasteiger partial charge in [0.2, 0.25) is 11.0 Å². The fourth-order valence-electron chi connectivity index (χ4n) is 2.27. The van der Waals surface area contributed by atoms with Crippen LogP contribution >= 0.6 is 11.5 Å². The van der Waals surface area contributed by atoms with Crippen LogP contribution in [0.2, 0.25) is 0 Å². The Morgan fingerprint density at radius 2 is 2.07 bits per heavy atom. The van der Waals surface area contributed by atoms with E-state index >= 15 is 0 Å². The third-order valence-corrected chi connectivity index (χ3v) is 4.24. The van der Waals surface area contributed by atoms with Crippen molar-refractivity contribution in [2.24, 2.45) is 0 Å². The molecule has 1 N–H and O–H groups in total. The minimum Gasteiger partial charge on any atom is -0.489 e. The van der Waals surface area contributed by atoms with Crippen molar-refractivity contribution in [2.45, 2.75) is 26.9 Å². The Morgan fingerprint density at radius 1 is 1.26 bits per heavy atom. The Hall–Kier alpha value is -3.07. The first-order valence-electron chi connectivity index (χ1n) is 8.37. The molecule has 0 atom stereocenters. The highest BCUT2D eigenvalue weighted by molar-refractivity contribution is 7.09. The van der Waals surface area contributed by atoms with E-state index in [1.165, 1.54) is 23.4 Å². The van der Waals surface area contributed by atoms with Crippen LogP contribution in [0.3, 0.4) is 0 Å². The van der Waals surface area contributed by atoms with Gasteiger partial charge in [0.25, 0.3) is 0 Å². The molecular weight excluding hydrogens is 364 g/mol. The number of ether oxygens (including phenoxy) is 1. The Kier molecular flexibility index (Phi) is 5.60. The summed E-state index contributed by atoms with van der Waals surface area (Å²) >= 11 is 1.20.